The molecule has 4 nitrogen and oxygen atoms in total. The molecule has 3 aromatic heterocycles. The summed E-state index contributed by atoms with van der Waals surface area (Å²) in [5.74, 6) is 0.914. The van der Waals surface area contributed by atoms with Crippen molar-refractivity contribution in [2.24, 2.45) is 0 Å². The minimum absolute atomic E-state index is 0.825. The van der Waals surface area contributed by atoms with E-state index in [4.69, 9.17) is 0 Å². The van der Waals surface area contributed by atoms with Crippen molar-refractivity contribution in [1.29, 1.82) is 0 Å². The zero-order chi connectivity index (χ0) is 20.7. The van der Waals surface area contributed by atoms with Crippen molar-refractivity contribution in [2.75, 3.05) is 11.9 Å². The van der Waals surface area contributed by atoms with Gasteiger partial charge in [-0.2, -0.15) is 0 Å². The third-order valence-corrected chi connectivity index (χ3v) is 6.91. The fraction of sp³-hybridized carbons (Fsp3) is 0.200. The highest BCUT2D eigenvalue weighted by Crippen LogP contribution is 2.35. The van der Waals surface area contributed by atoms with Crippen molar-refractivity contribution in [1.82, 2.24) is 15.0 Å². The summed E-state index contributed by atoms with van der Waals surface area (Å²) in [6, 6.07) is 17.0. The molecule has 150 valence electrons. The molecule has 3 heterocycles. The molecule has 0 atom stereocenters. The van der Waals surface area contributed by atoms with Crippen LogP contribution in [0.25, 0.3) is 31.6 Å². The predicted octanol–water partition coefficient (Wildman–Crippen LogP) is 6.42. The van der Waals surface area contributed by atoms with Gasteiger partial charge in [0.25, 0.3) is 0 Å². The van der Waals surface area contributed by atoms with Gasteiger partial charge in [-0.25, -0.2) is 9.97 Å². The van der Waals surface area contributed by atoms with Gasteiger partial charge in [-0.15, -0.1) is 11.3 Å². The Labute approximate surface area is 180 Å². The maximum absolute atomic E-state index is 4.53. The second-order valence-electron chi connectivity index (χ2n) is 7.77. The van der Waals surface area contributed by atoms with E-state index >= 15 is 0 Å². The van der Waals surface area contributed by atoms with Crippen LogP contribution in [0.5, 0.6) is 0 Å². The number of nitrogens with zero attached hydrogens (tertiary/aromatic N) is 2. The first-order valence-electron chi connectivity index (χ1n) is 10.2. The molecule has 0 bridgehead atoms. The first-order valence-corrected chi connectivity index (χ1v) is 11.0. The lowest BCUT2D eigenvalue weighted by Gasteiger charge is -2.08. The molecular formula is C25H24N4S. The summed E-state index contributed by atoms with van der Waals surface area (Å²) in [5.41, 5.74) is 8.72. The lowest BCUT2D eigenvalue weighted by Crippen LogP contribution is -2.07. The van der Waals surface area contributed by atoms with Gasteiger partial charge in [0.05, 0.1) is 10.2 Å². The Hall–Kier alpha value is -3.18. The Morgan fingerprint density at radius 1 is 0.967 bits per heavy atom. The molecule has 5 heteroatoms. The number of fused-ring (bicyclic) bond motifs is 2. The molecule has 0 amide bonds. The summed E-state index contributed by atoms with van der Waals surface area (Å²) in [4.78, 5) is 13.8. The van der Waals surface area contributed by atoms with Gasteiger partial charge in [0.1, 0.15) is 12.1 Å². The lowest BCUT2D eigenvalue weighted by atomic mass is 10.0. The zero-order valence-corrected chi connectivity index (χ0v) is 18.2. The number of benzene rings is 2. The summed E-state index contributed by atoms with van der Waals surface area (Å²) in [7, 11) is 0. The first kappa shape index (κ1) is 18.8. The SMILES string of the molecule is Cc1[nH]c2c(C)ccc(C)c2c1CCNc1ncnc2cc(-c3ccccc3)sc12. The number of hydrogen-bond acceptors (Lipinski definition) is 4. The molecule has 0 aliphatic rings. The average Bonchev–Trinajstić information content (AvgIpc) is 3.34. The Balaban J connectivity index is 1.41. The number of aryl methyl sites for hydroxylation is 3. The molecule has 0 fully saturated rings. The molecule has 0 aliphatic carbocycles. The van der Waals surface area contributed by atoms with Crippen LogP contribution in [0.4, 0.5) is 5.82 Å². The molecule has 2 N–H and O–H groups in total. The predicted molar refractivity (Wildman–Crippen MR) is 128 cm³/mol. The number of nitrogens with one attached hydrogen (secondary N) is 2. The number of hydrogen-bond donors (Lipinski definition) is 2. The van der Waals surface area contributed by atoms with E-state index in [-0.39, 0.29) is 0 Å². The van der Waals surface area contributed by atoms with Crippen LogP contribution in [0.1, 0.15) is 22.4 Å². The summed E-state index contributed by atoms with van der Waals surface area (Å²) < 4.78 is 1.11. The van der Waals surface area contributed by atoms with Gasteiger partial charge < -0.3 is 10.3 Å². The molecule has 0 unspecified atom stereocenters. The summed E-state index contributed by atoms with van der Waals surface area (Å²) in [6.07, 6.45) is 2.59. The Morgan fingerprint density at radius 3 is 2.60 bits per heavy atom. The van der Waals surface area contributed by atoms with E-state index in [1.807, 2.05) is 6.07 Å². The van der Waals surface area contributed by atoms with Crippen molar-refractivity contribution >= 4 is 38.3 Å². The van der Waals surface area contributed by atoms with Crippen molar-refractivity contribution in [3.8, 4) is 10.4 Å². The molecule has 2 aromatic carbocycles. The number of aromatic amines is 1. The van der Waals surface area contributed by atoms with E-state index in [1.54, 1.807) is 17.7 Å². The monoisotopic (exact) mass is 412 g/mol. The van der Waals surface area contributed by atoms with Crippen molar-refractivity contribution in [3.63, 3.8) is 0 Å². The molecular weight excluding hydrogens is 388 g/mol. The van der Waals surface area contributed by atoms with Gasteiger partial charge >= 0.3 is 0 Å². The van der Waals surface area contributed by atoms with Gasteiger partial charge in [0.2, 0.25) is 0 Å². The van der Waals surface area contributed by atoms with Crippen LogP contribution < -0.4 is 5.32 Å². The molecule has 0 aliphatic heterocycles. The molecule has 0 saturated heterocycles. The molecule has 0 saturated carbocycles. The summed E-state index contributed by atoms with van der Waals surface area (Å²) >= 11 is 1.74. The fourth-order valence-corrected chi connectivity index (χ4v) is 5.24. The van der Waals surface area contributed by atoms with Gasteiger partial charge in [0.15, 0.2) is 0 Å². The van der Waals surface area contributed by atoms with Crippen molar-refractivity contribution < 1.29 is 0 Å². The number of thiophene rings is 1. The third-order valence-electron chi connectivity index (χ3n) is 5.73. The largest absolute Gasteiger partial charge is 0.368 e. The Bertz CT molecular complexity index is 1350. The second kappa shape index (κ2) is 7.58. The normalized spacial score (nSPS) is 11.4. The van der Waals surface area contributed by atoms with Gasteiger partial charge in [0, 0.05) is 28.0 Å². The molecule has 5 rings (SSSR count). The first-order chi connectivity index (χ1) is 14.6. The highest BCUT2D eigenvalue weighted by molar-refractivity contribution is 7.22. The highest BCUT2D eigenvalue weighted by atomic mass is 32.1. The molecule has 30 heavy (non-hydrogen) atoms. The van der Waals surface area contributed by atoms with Gasteiger partial charge in [-0.1, -0.05) is 42.5 Å². The van der Waals surface area contributed by atoms with Gasteiger partial charge in [-0.3, -0.25) is 0 Å². The van der Waals surface area contributed by atoms with Crippen LogP contribution >= 0.6 is 11.3 Å². The highest BCUT2D eigenvalue weighted by Gasteiger charge is 2.13. The van der Waals surface area contributed by atoms with Crippen LogP contribution in [0.2, 0.25) is 0 Å². The number of rotatable bonds is 5. The second-order valence-corrected chi connectivity index (χ2v) is 8.82. The maximum Gasteiger partial charge on any atom is 0.147 e. The number of H-pyrrole nitrogens is 1. The van der Waals surface area contributed by atoms with Crippen molar-refractivity contribution in [2.45, 2.75) is 27.2 Å². The van der Waals surface area contributed by atoms with Crippen LogP contribution in [0.15, 0.2) is 54.9 Å². The van der Waals surface area contributed by atoms with Crippen LogP contribution in [-0.2, 0) is 6.42 Å². The number of anilines is 1. The van der Waals surface area contributed by atoms with E-state index in [0.717, 1.165) is 29.0 Å². The van der Waals surface area contributed by atoms with Gasteiger partial charge in [-0.05, 0) is 55.5 Å². The van der Waals surface area contributed by atoms with Crippen LogP contribution in [0.3, 0.4) is 0 Å². The molecule has 0 radical (unpaired) electrons. The average molecular weight is 413 g/mol. The topological polar surface area (TPSA) is 53.6 Å². The summed E-state index contributed by atoms with van der Waals surface area (Å²) in [6.45, 7) is 7.35. The maximum atomic E-state index is 4.53. The van der Waals surface area contributed by atoms with E-state index in [9.17, 15) is 0 Å². The number of aromatic nitrogens is 3. The summed E-state index contributed by atoms with van der Waals surface area (Å²) in [5, 5.41) is 4.93. The van der Waals surface area contributed by atoms with E-state index in [0.29, 0.717) is 0 Å². The minimum atomic E-state index is 0.825. The fourth-order valence-electron chi connectivity index (χ4n) is 4.15. The van der Waals surface area contributed by atoms with Crippen LogP contribution in [-0.4, -0.2) is 21.5 Å². The van der Waals surface area contributed by atoms with Crippen molar-refractivity contribution in [3.05, 3.63) is 77.2 Å². The standard InChI is InChI=1S/C25H24N4S/c1-15-9-10-16(2)23-22(15)19(17(3)29-23)11-12-26-25-24-20(27-14-28-25)13-21(30-24)18-7-5-4-6-8-18/h4-10,13-14,29H,11-12H2,1-3H3,(H,26,27,28). The smallest absolute Gasteiger partial charge is 0.147 e. The van der Waals surface area contributed by atoms with E-state index in [1.165, 1.54) is 43.7 Å². The minimum Gasteiger partial charge on any atom is -0.368 e. The Kier molecular flexibility index (Phi) is 4.75. The molecule has 5 aromatic rings. The quantitative estimate of drug-likeness (QED) is 0.350. The van der Waals surface area contributed by atoms with Crippen LogP contribution in [0, 0.1) is 20.8 Å². The van der Waals surface area contributed by atoms with E-state index < -0.39 is 0 Å². The molecule has 0 spiro atoms. The third kappa shape index (κ3) is 3.25. The Morgan fingerprint density at radius 2 is 1.77 bits per heavy atom. The van der Waals surface area contributed by atoms with E-state index in [2.05, 4.69) is 83.5 Å². The lowest BCUT2D eigenvalue weighted by molar-refractivity contribution is 0.998. The zero-order valence-electron chi connectivity index (χ0n) is 17.4.